The number of aromatic nitrogens is 3. The van der Waals surface area contributed by atoms with Crippen molar-refractivity contribution in [2.45, 2.75) is 25.6 Å². The van der Waals surface area contributed by atoms with Crippen molar-refractivity contribution in [3.63, 3.8) is 0 Å². The van der Waals surface area contributed by atoms with Gasteiger partial charge in [-0.2, -0.15) is 5.10 Å². The molecule has 174 valence electrons. The molecule has 2 aromatic carbocycles. The molecular weight excluding hydrogens is 418 g/mol. The van der Waals surface area contributed by atoms with Crippen LogP contribution < -0.4 is 25.0 Å². The van der Waals surface area contributed by atoms with E-state index in [0.717, 1.165) is 42.7 Å². The van der Waals surface area contributed by atoms with Gasteiger partial charge in [0.05, 0.1) is 20.8 Å². The van der Waals surface area contributed by atoms with Gasteiger partial charge in [0.25, 0.3) is 0 Å². The summed E-state index contributed by atoms with van der Waals surface area (Å²) in [4.78, 5) is 10.8. The molecule has 0 spiro atoms. The highest BCUT2D eigenvalue weighted by Gasteiger charge is 2.24. The minimum atomic E-state index is 0.298. The van der Waals surface area contributed by atoms with E-state index in [1.54, 1.807) is 33.9 Å². The summed E-state index contributed by atoms with van der Waals surface area (Å²) in [5, 5.41) is 11.2. The Morgan fingerprint density at radius 2 is 1.91 bits per heavy atom. The summed E-state index contributed by atoms with van der Waals surface area (Å²) in [5.74, 6) is 2.39. The van der Waals surface area contributed by atoms with Crippen molar-refractivity contribution in [2.75, 3.05) is 39.3 Å². The van der Waals surface area contributed by atoms with Crippen LogP contribution in [-0.2, 0) is 13.1 Å². The van der Waals surface area contributed by atoms with E-state index in [1.807, 2.05) is 22.9 Å². The molecule has 1 fully saturated rings. The number of nitrogens with one attached hydrogen (secondary N) is 2. The van der Waals surface area contributed by atoms with Crippen LogP contribution in [0.5, 0.6) is 11.5 Å². The van der Waals surface area contributed by atoms with Crippen LogP contribution in [0, 0.1) is 0 Å². The number of anilines is 1. The number of nitrogens with zero attached hydrogens (tertiary/aromatic N) is 5. The summed E-state index contributed by atoms with van der Waals surface area (Å²) in [6.45, 7) is 3.22. The second-order valence-corrected chi connectivity index (χ2v) is 7.99. The first-order valence-electron chi connectivity index (χ1n) is 11.0. The predicted molar refractivity (Wildman–Crippen MR) is 129 cm³/mol. The number of guanidine groups is 1. The maximum absolute atomic E-state index is 5.42. The van der Waals surface area contributed by atoms with Crippen molar-refractivity contribution in [2.24, 2.45) is 4.99 Å². The molecule has 1 atom stereocenters. The molecule has 0 saturated carbocycles. The summed E-state index contributed by atoms with van der Waals surface area (Å²) < 4.78 is 12.7. The fraction of sp³-hybridized carbons (Fsp3) is 0.375. The van der Waals surface area contributed by atoms with Gasteiger partial charge in [-0.25, -0.2) is 9.67 Å². The summed E-state index contributed by atoms with van der Waals surface area (Å²) in [5.41, 5.74) is 3.47. The number of rotatable bonds is 8. The van der Waals surface area contributed by atoms with E-state index in [1.165, 1.54) is 11.1 Å². The minimum Gasteiger partial charge on any atom is -0.497 e. The molecule has 1 saturated heterocycles. The Morgan fingerprint density at radius 3 is 2.61 bits per heavy atom. The van der Waals surface area contributed by atoms with Crippen LogP contribution in [0.2, 0.25) is 0 Å². The van der Waals surface area contributed by atoms with Gasteiger partial charge in [0.1, 0.15) is 24.2 Å². The zero-order valence-corrected chi connectivity index (χ0v) is 19.4. The van der Waals surface area contributed by atoms with Crippen molar-refractivity contribution in [1.29, 1.82) is 0 Å². The highest BCUT2D eigenvalue weighted by atomic mass is 16.5. The molecule has 0 bridgehead atoms. The molecule has 9 heteroatoms. The Labute approximate surface area is 194 Å². The van der Waals surface area contributed by atoms with Crippen LogP contribution in [0.1, 0.15) is 17.5 Å². The molecule has 0 radical (unpaired) electrons. The number of hydrogen-bond acceptors (Lipinski definition) is 6. The first kappa shape index (κ1) is 22.4. The fourth-order valence-electron chi connectivity index (χ4n) is 4.00. The highest BCUT2D eigenvalue weighted by molar-refractivity contribution is 5.80. The number of ether oxygens (including phenoxy) is 2. The van der Waals surface area contributed by atoms with E-state index in [-0.39, 0.29) is 0 Å². The van der Waals surface area contributed by atoms with Crippen LogP contribution >= 0.6 is 0 Å². The lowest BCUT2D eigenvalue weighted by Crippen LogP contribution is -2.44. The average Bonchev–Trinajstić information content (AvgIpc) is 3.54. The maximum Gasteiger partial charge on any atom is 0.191 e. The minimum absolute atomic E-state index is 0.298. The fourth-order valence-corrected chi connectivity index (χ4v) is 4.00. The third-order valence-corrected chi connectivity index (χ3v) is 5.72. The first-order chi connectivity index (χ1) is 16.2. The topological polar surface area (TPSA) is 88.8 Å². The average molecular weight is 450 g/mol. The first-order valence-corrected chi connectivity index (χ1v) is 11.0. The molecule has 33 heavy (non-hydrogen) atoms. The molecule has 1 aromatic heterocycles. The van der Waals surface area contributed by atoms with Gasteiger partial charge >= 0.3 is 0 Å². The molecule has 2 heterocycles. The number of benzene rings is 2. The SMILES string of the molecule is CN=C(NCc1cccc(Cn2cncn2)c1)NC1CCN(c2cc(OC)cc(OC)c2)C1. The second kappa shape index (κ2) is 10.7. The third kappa shape index (κ3) is 5.94. The zero-order valence-electron chi connectivity index (χ0n) is 19.4. The van der Waals surface area contributed by atoms with E-state index in [4.69, 9.17) is 9.47 Å². The zero-order chi connectivity index (χ0) is 23.0. The Bertz CT molecular complexity index is 1050. The van der Waals surface area contributed by atoms with Gasteiger partial charge in [-0.3, -0.25) is 4.99 Å². The molecule has 1 unspecified atom stereocenters. The van der Waals surface area contributed by atoms with E-state index >= 15 is 0 Å². The maximum atomic E-state index is 5.42. The molecule has 0 amide bonds. The Kier molecular flexibility index (Phi) is 7.29. The van der Waals surface area contributed by atoms with Crippen molar-refractivity contribution < 1.29 is 9.47 Å². The summed E-state index contributed by atoms with van der Waals surface area (Å²) in [6.07, 6.45) is 4.30. The largest absolute Gasteiger partial charge is 0.497 e. The molecular formula is C24H31N7O2. The van der Waals surface area contributed by atoms with Crippen LogP contribution in [0.15, 0.2) is 60.1 Å². The standard InChI is InChI=1S/C24H31N7O2/c1-25-24(27-13-18-5-4-6-19(9-18)14-31-17-26-16-28-31)29-20-7-8-30(15-20)21-10-22(32-2)12-23(11-21)33-3/h4-6,9-12,16-17,20H,7-8,13-15H2,1-3H3,(H2,25,27,29). The lowest BCUT2D eigenvalue weighted by atomic mass is 10.1. The number of hydrogen-bond donors (Lipinski definition) is 2. The summed E-state index contributed by atoms with van der Waals surface area (Å²) in [7, 11) is 5.15. The van der Waals surface area contributed by atoms with Gasteiger partial charge in [0.2, 0.25) is 0 Å². The quantitative estimate of drug-likeness (QED) is 0.403. The molecule has 9 nitrogen and oxygen atoms in total. The third-order valence-electron chi connectivity index (χ3n) is 5.72. The van der Waals surface area contributed by atoms with Gasteiger partial charge in [0, 0.05) is 56.6 Å². The van der Waals surface area contributed by atoms with E-state index in [0.29, 0.717) is 19.1 Å². The van der Waals surface area contributed by atoms with Crippen molar-refractivity contribution in [3.05, 3.63) is 66.2 Å². The molecule has 1 aliphatic heterocycles. The van der Waals surface area contributed by atoms with Gasteiger partial charge in [-0.05, 0) is 17.5 Å². The van der Waals surface area contributed by atoms with Gasteiger partial charge in [-0.1, -0.05) is 24.3 Å². The monoisotopic (exact) mass is 449 g/mol. The smallest absolute Gasteiger partial charge is 0.191 e. The molecule has 4 rings (SSSR count). The van der Waals surface area contributed by atoms with Gasteiger partial charge in [0.15, 0.2) is 5.96 Å². The second-order valence-electron chi connectivity index (χ2n) is 7.99. The van der Waals surface area contributed by atoms with Gasteiger partial charge in [-0.15, -0.1) is 0 Å². The van der Waals surface area contributed by atoms with Crippen LogP contribution in [0.3, 0.4) is 0 Å². The van der Waals surface area contributed by atoms with E-state index in [2.05, 4.69) is 54.9 Å². The Balaban J connectivity index is 1.31. The normalized spacial score (nSPS) is 16.0. The predicted octanol–water partition coefficient (Wildman–Crippen LogP) is 2.29. The van der Waals surface area contributed by atoms with Crippen molar-refractivity contribution >= 4 is 11.6 Å². The summed E-state index contributed by atoms with van der Waals surface area (Å²) in [6, 6.07) is 14.7. The van der Waals surface area contributed by atoms with E-state index in [9.17, 15) is 0 Å². The van der Waals surface area contributed by atoms with Crippen molar-refractivity contribution in [3.8, 4) is 11.5 Å². The van der Waals surface area contributed by atoms with Crippen LogP contribution in [0.25, 0.3) is 0 Å². The number of methoxy groups -OCH3 is 2. The highest BCUT2D eigenvalue weighted by Crippen LogP contribution is 2.30. The van der Waals surface area contributed by atoms with Crippen molar-refractivity contribution in [1.82, 2.24) is 25.4 Å². The summed E-state index contributed by atoms with van der Waals surface area (Å²) >= 11 is 0. The number of aliphatic imine (C=N–C) groups is 1. The molecule has 2 N–H and O–H groups in total. The Hall–Kier alpha value is -3.75. The van der Waals surface area contributed by atoms with Gasteiger partial charge < -0.3 is 25.0 Å². The van der Waals surface area contributed by atoms with E-state index < -0.39 is 0 Å². The molecule has 1 aliphatic rings. The van der Waals surface area contributed by atoms with Crippen LogP contribution in [-0.4, -0.2) is 61.1 Å². The Morgan fingerprint density at radius 1 is 1.12 bits per heavy atom. The lowest BCUT2D eigenvalue weighted by molar-refractivity contribution is 0.394. The molecule has 0 aliphatic carbocycles. The molecule has 3 aromatic rings. The lowest BCUT2D eigenvalue weighted by Gasteiger charge is -2.21. The van der Waals surface area contributed by atoms with Crippen LogP contribution in [0.4, 0.5) is 5.69 Å².